The van der Waals surface area contributed by atoms with E-state index in [1.165, 1.54) is 6.07 Å². The van der Waals surface area contributed by atoms with Crippen LogP contribution in [-0.4, -0.2) is 40.2 Å². The van der Waals surface area contributed by atoms with Crippen molar-refractivity contribution in [3.05, 3.63) is 77.2 Å². The third-order valence-electron chi connectivity index (χ3n) is 6.11. The minimum absolute atomic E-state index is 0.0231. The summed E-state index contributed by atoms with van der Waals surface area (Å²) in [6, 6.07) is 13.2. The quantitative estimate of drug-likeness (QED) is 0.378. The first-order valence-electron chi connectivity index (χ1n) is 11.7. The lowest BCUT2D eigenvalue weighted by Crippen LogP contribution is -2.44. The molecule has 9 heteroatoms. The molecule has 3 aromatic rings. The maximum atomic E-state index is 14.0. The number of amides is 2. The van der Waals surface area contributed by atoms with Gasteiger partial charge in [-0.25, -0.2) is 9.37 Å². The zero-order chi connectivity index (χ0) is 25.7. The first kappa shape index (κ1) is 25.5. The molecule has 0 radical (unpaired) electrons. The number of aromatic nitrogens is 1. The number of nitrogens with one attached hydrogen (secondary N) is 2. The van der Waals surface area contributed by atoms with Crippen molar-refractivity contribution in [1.82, 2.24) is 15.6 Å². The third-order valence-corrected chi connectivity index (χ3v) is 6.84. The monoisotopic (exact) mass is 509 g/mol. The number of carbonyl (C=O) groups excluding carboxylic acids is 2. The Bertz CT molecular complexity index is 1260. The van der Waals surface area contributed by atoms with E-state index in [2.05, 4.69) is 15.6 Å². The highest BCUT2D eigenvalue weighted by Gasteiger charge is 2.26. The minimum atomic E-state index is -0.629. The fourth-order valence-electron chi connectivity index (χ4n) is 4.19. The van der Waals surface area contributed by atoms with Gasteiger partial charge in [-0.2, -0.15) is 0 Å². The standard InChI is InChI=1S/C27H28FN3O4S/c1-16-6-11-24(32)22(12-16)25(33)30-18-7-9-19(10-8-18)31-26(34)23-13-17(28)15-29-27(23)35-20-4-3-5-21(14-20)36-2/h3-6,11-15,18-19,32H,7-10H2,1-2H3,(H,30,33)(H,31,34). The zero-order valence-electron chi connectivity index (χ0n) is 20.1. The lowest BCUT2D eigenvalue weighted by molar-refractivity contribution is 0.0888. The van der Waals surface area contributed by atoms with Crippen LogP contribution in [0.3, 0.4) is 0 Å². The van der Waals surface area contributed by atoms with Gasteiger partial charge in [-0.3, -0.25) is 9.59 Å². The van der Waals surface area contributed by atoms with E-state index in [1.807, 2.05) is 31.4 Å². The van der Waals surface area contributed by atoms with Crippen LogP contribution in [0.2, 0.25) is 0 Å². The Labute approximate surface area is 213 Å². The summed E-state index contributed by atoms with van der Waals surface area (Å²) >= 11 is 1.56. The maximum absolute atomic E-state index is 14.0. The number of carbonyl (C=O) groups is 2. The molecule has 1 heterocycles. The van der Waals surface area contributed by atoms with Gasteiger partial charge in [0, 0.05) is 17.0 Å². The summed E-state index contributed by atoms with van der Waals surface area (Å²) in [5, 5.41) is 15.9. The van der Waals surface area contributed by atoms with Crippen molar-refractivity contribution in [3.8, 4) is 17.4 Å². The van der Waals surface area contributed by atoms with Crippen LogP contribution in [0.4, 0.5) is 4.39 Å². The second kappa shape index (κ2) is 11.4. The Morgan fingerprint density at radius 3 is 2.33 bits per heavy atom. The second-order valence-corrected chi connectivity index (χ2v) is 9.68. The van der Waals surface area contributed by atoms with Crippen molar-refractivity contribution < 1.29 is 23.8 Å². The van der Waals surface area contributed by atoms with E-state index in [-0.39, 0.29) is 40.7 Å². The molecule has 2 amide bonds. The molecule has 188 valence electrons. The number of ether oxygens (including phenoxy) is 1. The van der Waals surface area contributed by atoms with E-state index in [4.69, 9.17) is 4.74 Å². The van der Waals surface area contributed by atoms with Gasteiger partial charge in [-0.05, 0) is 75.3 Å². The number of hydrogen-bond acceptors (Lipinski definition) is 6. The number of pyridine rings is 1. The molecule has 7 nitrogen and oxygen atoms in total. The van der Waals surface area contributed by atoms with Crippen LogP contribution in [0.1, 0.15) is 52.0 Å². The summed E-state index contributed by atoms with van der Waals surface area (Å²) in [5.41, 5.74) is 1.16. The number of hydrogen-bond donors (Lipinski definition) is 3. The Balaban J connectivity index is 1.36. The highest BCUT2D eigenvalue weighted by molar-refractivity contribution is 7.98. The predicted octanol–water partition coefficient (Wildman–Crippen LogP) is 5.22. The van der Waals surface area contributed by atoms with E-state index in [0.29, 0.717) is 31.4 Å². The number of phenolic OH excluding ortho intramolecular Hbond substituents is 1. The van der Waals surface area contributed by atoms with Crippen molar-refractivity contribution in [2.75, 3.05) is 6.26 Å². The van der Waals surface area contributed by atoms with Crippen molar-refractivity contribution >= 4 is 23.6 Å². The normalized spacial score (nSPS) is 17.3. The van der Waals surface area contributed by atoms with Gasteiger partial charge < -0.3 is 20.5 Å². The van der Waals surface area contributed by atoms with Crippen molar-refractivity contribution in [2.24, 2.45) is 0 Å². The molecular weight excluding hydrogens is 481 g/mol. The van der Waals surface area contributed by atoms with Gasteiger partial charge in [-0.1, -0.05) is 17.7 Å². The fourth-order valence-corrected chi connectivity index (χ4v) is 4.64. The molecule has 1 saturated carbocycles. The summed E-state index contributed by atoms with van der Waals surface area (Å²) in [4.78, 5) is 30.6. The molecule has 0 bridgehead atoms. The van der Waals surface area contributed by atoms with Crippen LogP contribution in [0, 0.1) is 12.7 Å². The number of aromatic hydroxyl groups is 1. The van der Waals surface area contributed by atoms with E-state index < -0.39 is 11.7 Å². The molecule has 1 fully saturated rings. The van der Waals surface area contributed by atoms with Crippen LogP contribution in [0.5, 0.6) is 17.4 Å². The van der Waals surface area contributed by atoms with E-state index in [1.54, 1.807) is 30.0 Å². The molecule has 1 aliphatic rings. The van der Waals surface area contributed by atoms with Crippen LogP contribution < -0.4 is 15.4 Å². The lowest BCUT2D eigenvalue weighted by Gasteiger charge is -2.30. The number of phenols is 1. The number of benzene rings is 2. The Kier molecular flexibility index (Phi) is 8.10. The smallest absolute Gasteiger partial charge is 0.257 e. The lowest BCUT2D eigenvalue weighted by atomic mass is 9.90. The molecular formula is C27H28FN3O4S. The summed E-state index contributed by atoms with van der Waals surface area (Å²) in [7, 11) is 0. The van der Waals surface area contributed by atoms with Gasteiger partial charge in [0.25, 0.3) is 11.8 Å². The van der Waals surface area contributed by atoms with E-state index in [9.17, 15) is 19.1 Å². The number of aryl methyl sites for hydroxylation is 1. The molecule has 0 atom stereocenters. The van der Waals surface area contributed by atoms with Gasteiger partial charge in [0.2, 0.25) is 5.88 Å². The molecule has 2 aromatic carbocycles. The summed E-state index contributed by atoms with van der Waals surface area (Å²) in [6.45, 7) is 1.86. The maximum Gasteiger partial charge on any atom is 0.257 e. The molecule has 0 spiro atoms. The molecule has 3 N–H and O–H groups in total. The predicted molar refractivity (Wildman–Crippen MR) is 136 cm³/mol. The first-order valence-corrected chi connectivity index (χ1v) is 12.9. The van der Waals surface area contributed by atoms with Gasteiger partial charge >= 0.3 is 0 Å². The Morgan fingerprint density at radius 1 is 1.00 bits per heavy atom. The molecule has 1 aromatic heterocycles. The summed E-state index contributed by atoms with van der Waals surface area (Å²) in [6.07, 6.45) is 5.58. The fraction of sp³-hybridized carbons (Fsp3) is 0.296. The Hall–Kier alpha value is -3.59. The SMILES string of the molecule is CSc1cccc(Oc2ncc(F)cc2C(=O)NC2CCC(NC(=O)c3cc(C)ccc3O)CC2)c1. The van der Waals surface area contributed by atoms with Crippen molar-refractivity contribution in [3.63, 3.8) is 0 Å². The van der Waals surface area contributed by atoms with Crippen LogP contribution in [-0.2, 0) is 0 Å². The number of nitrogens with zero attached hydrogens (tertiary/aromatic N) is 1. The highest BCUT2D eigenvalue weighted by atomic mass is 32.2. The average molecular weight is 510 g/mol. The topological polar surface area (TPSA) is 101 Å². The first-order chi connectivity index (χ1) is 17.3. The molecule has 0 saturated heterocycles. The van der Waals surface area contributed by atoms with Crippen LogP contribution >= 0.6 is 11.8 Å². The average Bonchev–Trinajstić information content (AvgIpc) is 2.87. The summed E-state index contributed by atoms with van der Waals surface area (Å²) in [5.74, 6) is -0.925. The molecule has 4 rings (SSSR count). The van der Waals surface area contributed by atoms with Crippen molar-refractivity contribution in [1.29, 1.82) is 0 Å². The molecule has 0 unspecified atom stereocenters. The minimum Gasteiger partial charge on any atom is -0.507 e. The molecule has 0 aliphatic heterocycles. The number of halogens is 1. The van der Waals surface area contributed by atoms with Gasteiger partial charge in [0.15, 0.2) is 0 Å². The largest absolute Gasteiger partial charge is 0.507 e. The van der Waals surface area contributed by atoms with E-state index in [0.717, 1.165) is 22.7 Å². The van der Waals surface area contributed by atoms with Crippen molar-refractivity contribution in [2.45, 2.75) is 49.6 Å². The number of thioether (sulfide) groups is 1. The molecule has 1 aliphatic carbocycles. The number of rotatable bonds is 7. The van der Waals surface area contributed by atoms with Crippen LogP contribution in [0.15, 0.2) is 59.6 Å². The summed E-state index contributed by atoms with van der Waals surface area (Å²) < 4.78 is 19.8. The van der Waals surface area contributed by atoms with Crippen LogP contribution in [0.25, 0.3) is 0 Å². The highest BCUT2D eigenvalue weighted by Crippen LogP contribution is 2.28. The van der Waals surface area contributed by atoms with E-state index >= 15 is 0 Å². The van der Waals surface area contributed by atoms with Gasteiger partial charge in [-0.15, -0.1) is 11.8 Å². The molecule has 36 heavy (non-hydrogen) atoms. The second-order valence-electron chi connectivity index (χ2n) is 8.80. The van der Waals surface area contributed by atoms with Gasteiger partial charge in [0.05, 0.1) is 11.8 Å². The third kappa shape index (κ3) is 6.34. The van der Waals surface area contributed by atoms with Gasteiger partial charge in [0.1, 0.15) is 22.9 Å². The Morgan fingerprint density at radius 2 is 1.67 bits per heavy atom. The zero-order valence-corrected chi connectivity index (χ0v) is 20.9.